The summed E-state index contributed by atoms with van der Waals surface area (Å²) < 4.78 is 10.6. The van der Waals surface area contributed by atoms with Gasteiger partial charge >= 0.3 is 0 Å². The summed E-state index contributed by atoms with van der Waals surface area (Å²) in [7, 11) is 0. The van der Waals surface area contributed by atoms with E-state index in [9.17, 15) is 15.3 Å². The van der Waals surface area contributed by atoms with Crippen molar-refractivity contribution in [2.45, 2.75) is 37.1 Å². The van der Waals surface area contributed by atoms with Gasteiger partial charge in [0.25, 0.3) is 0 Å². The van der Waals surface area contributed by atoms with Crippen LogP contribution in [0.15, 0.2) is 30.3 Å². The van der Waals surface area contributed by atoms with Crippen LogP contribution >= 0.6 is 0 Å². The molecule has 1 unspecified atom stereocenters. The predicted octanol–water partition coefficient (Wildman–Crippen LogP) is -0.954. The Morgan fingerprint density at radius 1 is 1.00 bits per heavy atom. The smallest absolute Gasteiger partial charge is 0.186 e. The molecule has 6 heteroatoms. The lowest BCUT2D eigenvalue weighted by molar-refractivity contribution is -0.300. The lowest BCUT2D eigenvalue weighted by Gasteiger charge is -2.39. The van der Waals surface area contributed by atoms with Crippen LogP contribution in [0, 0.1) is 0 Å². The predicted molar refractivity (Wildman–Crippen MR) is 69.9 cm³/mol. The molecule has 1 fully saturated rings. The van der Waals surface area contributed by atoms with E-state index in [0.29, 0.717) is 13.0 Å². The average Bonchev–Trinajstić information content (AvgIpc) is 2.48. The second kappa shape index (κ2) is 7.12. The second-order valence-electron chi connectivity index (χ2n) is 4.80. The standard InChI is InChI=1S/C14H20O6/c15-8-10-11(16)12(17)13(18)14(20-10)19-7-6-9-4-2-1-3-5-9/h1-5,10-18H,6-8H2/t10-,11-,12+,13+,14?/m1/s1. The molecule has 1 saturated heterocycles. The molecule has 1 heterocycles. The molecule has 1 aromatic carbocycles. The highest BCUT2D eigenvalue weighted by molar-refractivity contribution is 5.14. The van der Waals surface area contributed by atoms with Gasteiger partial charge < -0.3 is 29.9 Å². The second-order valence-corrected chi connectivity index (χ2v) is 4.80. The molecule has 1 aromatic rings. The molecule has 0 amide bonds. The zero-order chi connectivity index (χ0) is 14.5. The van der Waals surface area contributed by atoms with Crippen molar-refractivity contribution in [2.75, 3.05) is 13.2 Å². The summed E-state index contributed by atoms with van der Waals surface area (Å²) in [5, 5.41) is 38.1. The molecule has 20 heavy (non-hydrogen) atoms. The summed E-state index contributed by atoms with van der Waals surface area (Å²) in [6.07, 6.45) is -5.46. The van der Waals surface area contributed by atoms with E-state index in [1.807, 2.05) is 30.3 Å². The molecule has 1 aliphatic heterocycles. The Kier molecular flexibility index (Phi) is 5.47. The van der Waals surface area contributed by atoms with Crippen molar-refractivity contribution in [3.05, 3.63) is 35.9 Å². The van der Waals surface area contributed by atoms with Gasteiger partial charge in [-0.3, -0.25) is 0 Å². The van der Waals surface area contributed by atoms with E-state index in [1.165, 1.54) is 0 Å². The Balaban J connectivity index is 1.85. The van der Waals surface area contributed by atoms with Gasteiger partial charge in [0.1, 0.15) is 24.4 Å². The van der Waals surface area contributed by atoms with Gasteiger partial charge in [-0.25, -0.2) is 0 Å². The van der Waals surface area contributed by atoms with Gasteiger partial charge in [-0.2, -0.15) is 0 Å². The van der Waals surface area contributed by atoms with Crippen molar-refractivity contribution in [3.8, 4) is 0 Å². The van der Waals surface area contributed by atoms with Crippen LogP contribution in [0.1, 0.15) is 5.56 Å². The summed E-state index contributed by atoms with van der Waals surface area (Å²) in [6, 6.07) is 9.67. The summed E-state index contributed by atoms with van der Waals surface area (Å²) in [5.41, 5.74) is 1.08. The molecule has 0 spiro atoms. The molecular weight excluding hydrogens is 264 g/mol. The van der Waals surface area contributed by atoms with Gasteiger partial charge in [0.05, 0.1) is 13.2 Å². The highest BCUT2D eigenvalue weighted by atomic mass is 16.7. The SMILES string of the molecule is OC[C@H]1OC(OCCc2ccccc2)[C@@H](O)[C@@H](O)[C@@H]1O. The van der Waals surface area contributed by atoms with E-state index in [4.69, 9.17) is 14.6 Å². The maximum absolute atomic E-state index is 9.78. The van der Waals surface area contributed by atoms with Gasteiger partial charge in [-0.15, -0.1) is 0 Å². The lowest BCUT2D eigenvalue weighted by atomic mass is 9.99. The largest absolute Gasteiger partial charge is 0.394 e. The van der Waals surface area contributed by atoms with Crippen LogP contribution in [0.5, 0.6) is 0 Å². The Morgan fingerprint density at radius 3 is 2.35 bits per heavy atom. The average molecular weight is 284 g/mol. The lowest BCUT2D eigenvalue weighted by Crippen LogP contribution is -2.59. The highest BCUT2D eigenvalue weighted by Gasteiger charge is 2.43. The van der Waals surface area contributed by atoms with Crippen LogP contribution < -0.4 is 0 Å². The minimum atomic E-state index is -1.40. The molecule has 0 saturated carbocycles. The van der Waals surface area contributed by atoms with E-state index < -0.39 is 37.3 Å². The minimum Gasteiger partial charge on any atom is -0.394 e. The van der Waals surface area contributed by atoms with Crippen LogP contribution in [-0.2, 0) is 15.9 Å². The van der Waals surface area contributed by atoms with Crippen LogP contribution in [-0.4, -0.2) is 64.3 Å². The molecule has 4 N–H and O–H groups in total. The first kappa shape index (κ1) is 15.4. The number of ether oxygens (including phenoxy) is 2. The molecule has 0 aliphatic carbocycles. The first-order valence-electron chi connectivity index (χ1n) is 6.59. The topological polar surface area (TPSA) is 99.4 Å². The Labute approximate surface area is 117 Å². The van der Waals surface area contributed by atoms with Crippen LogP contribution in [0.25, 0.3) is 0 Å². The number of aliphatic hydroxyl groups excluding tert-OH is 4. The molecule has 112 valence electrons. The van der Waals surface area contributed by atoms with Gasteiger partial charge in [0, 0.05) is 0 Å². The van der Waals surface area contributed by atoms with Crippen LogP contribution in [0.3, 0.4) is 0 Å². The fraction of sp³-hybridized carbons (Fsp3) is 0.571. The molecule has 0 aromatic heterocycles. The summed E-state index contributed by atoms with van der Waals surface area (Å²) in [5.74, 6) is 0. The van der Waals surface area contributed by atoms with Crippen molar-refractivity contribution < 1.29 is 29.9 Å². The number of aliphatic hydroxyl groups is 4. The first-order chi connectivity index (χ1) is 9.63. The highest BCUT2D eigenvalue weighted by Crippen LogP contribution is 2.22. The third-order valence-corrected chi connectivity index (χ3v) is 3.36. The quantitative estimate of drug-likeness (QED) is 0.556. The summed E-state index contributed by atoms with van der Waals surface area (Å²) in [4.78, 5) is 0. The van der Waals surface area contributed by atoms with Gasteiger partial charge in [0.15, 0.2) is 6.29 Å². The molecule has 5 atom stereocenters. The van der Waals surface area contributed by atoms with E-state index in [1.54, 1.807) is 0 Å². The van der Waals surface area contributed by atoms with Crippen molar-refractivity contribution in [2.24, 2.45) is 0 Å². The van der Waals surface area contributed by atoms with Crippen molar-refractivity contribution >= 4 is 0 Å². The summed E-state index contributed by atoms with van der Waals surface area (Å²) in [6.45, 7) is -0.157. The minimum absolute atomic E-state index is 0.298. The van der Waals surface area contributed by atoms with Crippen LogP contribution in [0.4, 0.5) is 0 Å². The third-order valence-electron chi connectivity index (χ3n) is 3.36. The van der Waals surface area contributed by atoms with Gasteiger partial charge in [-0.05, 0) is 12.0 Å². The molecule has 0 radical (unpaired) electrons. The van der Waals surface area contributed by atoms with E-state index in [0.717, 1.165) is 5.56 Å². The monoisotopic (exact) mass is 284 g/mol. The van der Waals surface area contributed by atoms with E-state index >= 15 is 0 Å². The van der Waals surface area contributed by atoms with Gasteiger partial charge in [0.2, 0.25) is 0 Å². The number of benzene rings is 1. The van der Waals surface area contributed by atoms with Gasteiger partial charge in [-0.1, -0.05) is 30.3 Å². The fourth-order valence-corrected chi connectivity index (χ4v) is 2.14. The molecule has 2 rings (SSSR count). The normalized spacial score (nSPS) is 34.1. The number of hydrogen-bond donors (Lipinski definition) is 4. The van der Waals surface area contributed by atoms with E-state index in [-0.39, 0.29) is 0 Å². The zero-order valence-corrected chi connectivity index (χ0v) is 11.0. The van der Waals surface area contributed by atoms with Crippen molar-refractivity contribution in [1.29, 1.82) is 0 Å². The zero-order valence-electron chi connectivity index (χ0n) is 11.0. The Hall–Kier alpha value is -1.02. The van der Waals surface area contributed by atoms with Crippen LogP contribution in [0.2, 0.25) is 0 Å². The van der Waals surface area contributed by atoms with Crippen molar-refractivity contribution in [1.82, 2.24) is 0 Å². The first-order valence-corrected chi connectivity index (χ1v) is 6.59. The van der Waals surface area contributed by atoms with Crippen molar-refractivity contribution in [3.63, 3.8) is 0 Å². The maximum Gasteiger partial charge on any atom is 0.186 e. The third kappa shape index (κ3) is 3.54. The maximum atomic E-state index is 9.78. The Bertz CT molecular complexity index is 396. The number of hydrogen-bond acceptors (Lipinski definition) is 6. The molecule has 0 bridgehead atoms. The molecular formula is C14H20O6. The number of rotatable bonds is 5. The molecule has 6 nitrogen and oxygen atoms in total. The Morgan fingerprint density at radius 2 is 1.70 bits per heavy atom. The fourth-order valence-electron chi connectivity index (χ4n) is 2.14. The summed E-state index contributed by atoms with van der Waals surface area (Å²) >= 11 is 0. The molecule has 1 aliphatic rings. The van der Waals surface area contributed by atoms with E-state index in [2.05, 4.69) is 0 Å².